The molecule has 0 saturated carbocycles. The Hall–Kier alpha value is -3.39. The molecule has 0 spiro atoms. The number of carbonyl (C=O) groups excluding carboxylic acids is 2. The standard InChI is InChI=1S/C18H14ClN3O5/c19-12-5-6-16(22(25)26)15(8-12)21-17(23)10-27-18(24)7-11-9-20-14-4-2-1-3-13(11)14/h1-6,8-9,20H,7,10H2,(H,21,23). The zero-order valence-corrected chi connectivity index (χ0v) is 14.7. The molecule has 8 nitrogen and oxygen atoms in total. The predicted molar refractivity (Wildman–Crippen MR) is 99.7 cm³/mol. The van der Waals surface area contributed by atoms with Crippen molar-refractivity contribution in [1.29, 1.82) is 0 Å². The first-order chi connectivity index (χ1) is 12.9. The summed E-state index contributed by atoms with van der Waals surface area (Å²) in [5, 5.41) is 14.4. The number of para-hydroxylation sites is 1. The molecule has 0 bridgehead atoms. The van der Waals surface area contributed by atoms with Gasteiger partial charge in [-0.3, -0.25) is 19.7 Å². The number of benzene rings is 2. The van der Waals surface area contributed by atoms with Crippen molar-refractivity contribution in [3.63, 3.8) is 0 Å². The van der Waals surface area contributed by atoms with E-state index >= 15 is 0 Å². The second-order valence-electron chi connectivity index (χ2n) is 5.66. The third-order valence-corrected chi connectivity index (χ3v) is 4.04. The van der Waals surface area contributed by atoms with Crippen LogP contribution in [0.4, 0.5) is 11.4 Å². The molecular weight excluding hydrogens is 374 g/mol. The number of ether oxygens (including phenoxy) is 1. The Morgan fingerprint density at radius 2 is 2.00 bits per heavy atom. The fraction of sp³-hybridized carbons (Fsp3) is 0.111. The molecule has 0 atom stereocenters. The number of amides is 1. The van der Waals surface area contributed by atoms with Gasteiger partial charge in [0.1, 0.15) is 5.69 Å². The van der Waals surface area contributed by atoms with Crippen LogP contribution in [0.3, 0.4) is 0 Å². The van der Waals surface area contributed by atoms with Crippen molar-refractivity contribution in [2.75, 3.05) is 11.9 Å². The van der Waals surface area contributed by atoms with Crippen molar-refractivity contribution in [2.45, 2.75) is 6.42 Å². The fourth-order valence-electron chi connectivity index (χ4n) is 2.58. The van der Waals surface area contributed by atoms with E-state index < -0.39 is 23.4 Å². The molecule has 9 heteroatoms. The molecule has 0 fully saturated rings. The highest BCUT2D eigenvalue weighted by Gasteiger charge is 2.17. The molecule has 2 N–H and O–H groups in total. The topological polar surface area (TPSA) is 114 Å². The van der Waals surface area contributed by atoms with Gasteiger partial charge in [-0.25, -0.2) is 0 Å². The van der Waals surface area contributed by atoms with Gasteiger partial charge < -0.3 is 15.0 Å². The van der Waals surface area contributed by atoms with Crippen LogP contribution < -0.4 is 5.32 Å². The highest BCUT2D eigenvalue weighted by molar-refractivity contribution is 6.31. The van der Waals surface area contributed by atoms with Crippen molar-refractivity contribution < 1.29 is 19.2 Å². The highest BCUT2D eigenvalue weighted by Crippen LogP contribution is 2.27. The first-order valence-corrected chi connectivity index (χ1v) is 8.26. The first kappa shape index (κ1) is 18.4. The molecule has 0 aliphatic carbocycles. The number of H-pyrrole nitrogens is 1. The maximum absolute atomic E-state index is 12.0. The fourth-order valence-corrected chi connectivity index (χ4v) is 2.76. The highest BCUT2D eigenvalue weighted by atomic mass is 35.5. The maximum atomic E-state index is 12.0. The van der Waals surface area contributed by atoms with Crippen molar-refractivity contribution in [1.82, 2.24) is 4.98 Å². The van der Waals surface area contributed by atoms with Gasteiger partial charge in [0, 0.05) is 28.2 Å². The van der Waals surface area contributed by atoms with Gasteiger partial charge in [-0.2, -0.15) is 0 Å². The average Bonchev–Trinajstić information content (AvgIpc) is 3.03. The molecule has 27 heavy (non-hydrogen) atoms. The summed E-state index contributed by atoms with van der Waals surface area (Å²) in [4.78, 5) is 37.3. The number of anilines is 1. The molecule has 0 aliphatic heterocycles. The van der Waals surface area contributed by atoms with E-state index in [4.69, 9.17) is 16.3 Å². The third kappa shape index (κ3) is 4.42. The van der Waals surface area contributed by atoms with E-state index in [0.29, 0.717) is 0 Å². The van der Waals surface area contributed by atoms with Crippen LogP contribution >= 0.6 is 11.6 Å². The van der Waals surface area contributed by atoms with Crippen LogP contribution in [-0.4, -0.2) is 28.4 Å². The van der Waals surface area contributed by atoms with Crippen LogP contribution in [0.1, 0.15) is 5.56 Å². The molecule has 3 rings (SSSR count). The summed E-state index contributed by atoms with van der Waals surface area (Å²) >= 11 is 5.80. The van der Waals surface area contributed by atoms with Crippen molar-refractivity contribution in [3.8, 4) is 0 Å². The normalized spacial score (nSPS) is 10.6. The van der Waals surface area contributed by atoms with Crippen molar-refractivity contribution in [3.05, 3.63) is 69.4 Å². The number of nitrogens with zero attached hydrogens (tertiary/aromatic N) is 1. The quantitative estimate of drug-likeness (QED) is 0.382. The first-order valence-electron chi connectivity index (χ1n) is 7.88. The Balaban J connectivity index is 1.59. The zero-order valence-electron chi connectivity index (χ0n) is 13.9. The monoisotopic (exact) mass is 387 g/mol. The Kier molecular flexibility index (Phi) is 5.37. The molecule has 138 valence electrons. The predicted octanol–water partition coefficient (Wildman–Crippen LogP) is 3.45. The van der Waals surface area contributed by atoms with Gasteiger partial charge in [-0.1, -0.05) is 29.8 Å². The Bertz CT molecular complexity index is 1030. The number of rotatable bonds is 6. The third-order valence-electron chi connectivity index (χ3n) is 3.80. The van der Waals surface area contributed by atoms with Gasteiger partial charge in [0.25, 0.3) is 11.6 Å². The molecule has 0 radical (unpaired) electrons. The van der Waals surface area contributed by atoms with Crippen molar-refractivity contribution >= 4 is 45.8 Å². The van der Waals surface area contributed by atoms with E-state index in [2.05, 4.69) is 10.3 Å². The smallest absolute Gasteiger partial charge is 0.310 e. The Labute approximate surface area is 158 Å². The summed E-state index contributed by atoms with van der Waals surface area (Å²) in [6.45, 7) is -0.565. The van der Waals surface area contributed by atoms with Gasteiger partial charge >= 0.3 is 5.97 Å². The van der Waals surface area contributed by atoms with Crippen molar-refractivity contribution in [2.24, 2.45) is 0 Å². The van der Waals surface area contributed by atoms with E-state index in [1.165, 1.54) is 18.2 Å². The summed E-state index contributed by atoms with van der Waals surface area (Å²) in [5.41, 5.74) is 1.27. The van der Waals surface area contributed by atoms with Crippen LogP contribution in [0, 0.1) is 10.1 Å². The lowest BCUT2D eigenvalue weighted by molar-refractivity contribution is -0.383. The minimum atomic E-state index is -0.701. The summed E-state index contributed by atoms with van der Waals surface area (Å²) in [7, 11) is 0. The van der Waals surface area contributed by atoms with Gasteiger partial charge in [-0.15, -0.1) is 0 Å². The lowest BCUT2D eigenvalue weighted by Crippen LogP contribution is -2.22. The van der Waals surface area contributed by atoms with E-state index in [9.17, 15) is 19.7 Å². The van der Waals surface area contributed by atoms with Gasteiger partial charge in [0.2, 0.25) is 0 Å². The second kappa shape index (κ2) is 7.88. The molecule has 3 aromatic rings. The number of nitrogens with one attached hydrogen (secondary N) is 2. The molecule has 0 saturated heterocycles. The second-order valence-corrected chi connectivity index (χ2v) is 6.10. The van der Waals surface area contributed by atoms with E-state index in [-0.39, 0.29) is 22.8 Å². The number of aromatic amines is 1. The molecule has 0 aliphatic rings. The SMILES string of the molecule is O=C(COC(=O)Cc1c[nH]c2ccccc12)Nc1cc(Cl)ccc1[N+](=O)[O-]. The number of carbonyl (C=O) groups is 2. The van der Waals surface area contributed by atoms with Crippen LogP contribution in [0.15, 0.2) is 48.7 Å². The summed E-state index contributed by atoms with van der Waals surface area (Å²) in [5.74, 6) is -1.29. The summed E-state index contributed by atoms with van der Waals surface area (Å²) in [6.07, 6.45) is 1.70. The molecule has 1 aromatic heterocycles. The van der Waals surface area contributed by atoms with Gasteiger partial charge in [0.05, 0.1) is 11.3 Å². The molecule has 1 amide bonds. The van der Waals surface area contributed by atoms with Crippen LogP contribution in [-0.2, 0) is 20.7 Å². The molecule has 2 aromatic carbocycles. The van der Waals surface area contributed by atoms with E-state index in [1.54, 1.807) is 6.20 Å². The summed E-state index contributed by atoms with van der Waals surface area (Å²) < 4.78 is 4.96. The lowest BCUT2D eigenvalue weighted by atomic mass is 10.1. The van der Waals surface area contributed by atoms with Crippen LogP contribution in [0.25, 0.3) is 10.9 Å². The largest absolute Gasteiger partial charge is 0.455 e. The number of aromatic nitrogens is 1. The van der Waals surface area contributed by atoms with Crippen LogP contribution in [0.5, 0.6) is 0 Å². The number of esters is 1. The minimum absolute atomic E-state index is 0.00535. The van der Waals surface area contributed by atoms with E-state index in [1.807, 2.05) is 24.3 Å². The minimum Gasteiger partial charge on any atom is -0.455 e. The van der Waals surface area contributed by atoms with Gasteiger partial charge in [-0.05, 0) is 23.8 Å². The maximum Gasteiger partial charge on any atom is 0.310 e. The molecular formula is C18H14ClN3O5. The molecule has 1 heterocycles. The number of halogens is 1. The number of fused-ring (bicyclic) bond motifs is 1. The Morgan fingerprint density at radius 1 is 1.22 bits per heavy atom. The number of nitro benzene ring substituents is 1. The number of hydrogen-bond acceptors (Lipinski definition) is 5. The van der Waals surface area contributed by atoms with Crippen LogP contribution in [0.2, 0.25) is 5.02 Å². The average molecular weight is 388 g/mol. The van der Waals surface area contributed by atoms with Gasteiger partial charge in [0.15, 0.2) is 6.61 Å². The molecule has 0 unspecified atom stereocenters. The number of nitro groups is 1. The number of hydrogen-bond donors (Lipinski definition) is 2. The lowest BCUT2D eigenvalue weighted by Gasteiger charge is -2.07. The summed E-state index contributed by atoms with van der Waals surface area (Å²) in [6, 6.07) is 11.3. The van der Waals surface area contributed by atoms with E-state index in [0.717, 1.165) is 16.5 Å². The zero-order chi connectivity index (χ0) is 19.4. The Morgan fingerprint density at radius 3 is 2.78 bits per heavy atom.